The summed E-state index contributed by atoms with van der Waals surface area (Å²) in [6.07, 6.45) is 2.68. The summed E-state index contributed by atoms with van der Waals surface area (Å²) in [5.74, 6) is 0.806. The third kappa shape index (κ3) is 3.09. The van der Waals surface area contributed by atoms with E-state index in [1.165, 1.54) is 0 Å². The Morgan fingerprint density at radius 3 is 2.53 bits per heavy atom. The molecule has 0 fully saturated rings. The van der Waals surface area contributed by atoms with E-state index in [1.807, 2.05) is 18.7 Å². The molecule has 1 aromatic rings. The first kappa shape index (κ1) is 16.0. The minimum atomic E-state index is -0.288. The summed E-state index contributed by atoms with van der Waals surface area (Å²) in [4.78, 5) is 0. The molecule has 2 atom stereocenters. The van der Waals surface area contributed by atoms with Crippen LogP contribution in [0.25, 0.3) is 0 Å². The predicted molar refractivity (Wildman–Crippen MR) is 76.6 cm³/mol. The van der Waals surface area contributed by atoms with Gasteiger partial charge in [0.15, 0.2) is 5.75 Å². The lowest BCUT2D eigenvalue weighted by molar-refractivity contribution is -0.0569. The normalized spacial score (nSPS) is 16.1. The van der Waals surface area contributed by atoms with Gasteiger partial charge in [0.2, 0.25) is 0 Å². The molecule has 2 unspecified atom stereocenters. The van der Waals surface area contributed by atoms with Crippen LogP contribution < -0.4 is 10.1 Å². The smallest absolute Gasteiger partial charge is 0.161 e. The van der Waals surface area contributed by atoms with Crippen LogP contribution in [0.1, 0.15) is 45.9 Å². The maximum absolute atomic E-state index is 6.00. The number of rotatable bonds is 8. The molecule has 1 rings (SSSR count). The number of hydrogen-bond donors (Lipinski definition) is 1. The SMILES string of the molecule is CCOC(C)(CC)C(NC)c1c(OC)cnn1CC. The van der Waals surface area contributed by atoms with Crippen LogP contribution in [0.2, 0.25) is 0 Å². The third-order valence-electron chi connectivity index (χ3n) is 3.71. The molecule has 1 aromatic heterocycles. The van der Waals surface area contributed by atoms with Crippen molar-refractivity contribution in [2.24, 2.45) is 0 Å². The van der Waals surface area contributed by atoms with E-state index in [0.717, 1.165) is 24.4 Å². The first-order chi connectivity index (χ1) is 9.07. The molecule has 1 N–H and O–H groups in total. The van der Waals surface area contributed by atoms with Crippen LogP contribution in [0.5, 0.6) is 5.75 Å². The quantitative estimate of drug-likeness (QED) is 0.787. The average molecular weight is 269 g/mol. The van der Waals surface area contributed by atoms with Crippen LogP contribution in [-0.2, 0) is 11.3 Å². The highest BCUT2D eigenvalue weighted by Gasteiger charge is 2.37. The molecule has 0 spiro atoms. The van der Waals surface area contributed by atoms with E-state index in [1.54, 1.807) is 13.3 Å². The lowest BCUT2D eigenvalue weighted by Gasteiger charge is -2.37. The fraction of sp³-hybridized carbons (Fsp3) is 0.786. The van der Waals surface area contributed by atoms with Crippen molar-refractivity contribution in [3.8, 4) is 5.75 Å². The Morgan fingerprint density at radius 2 is 2.11 bits per heavy atom. The number of hydrogen-bond acceptors (Lipinski definition) is 4. The van der Waals surface area contributed by atoms with Gasteiger partial charge in [-0.25, -0.2) is 0 Å². The van der Waals surface area contributed by atoms with E-state index in [4.69, 9.17) is 9.47 Å². The van der Waals surface area contributed by atoms with Crippen LogP contribution >= 0.6 is 0 Å². The van der Waals surface area contributed by atoms with E-state index in [2.05, 4.69) is 31.2 Å². The summed E-state index contributed by atoms with van der Waals surface area (Å²) in [5.41, 5.74) is 0.759. The second kappa shape index (κ2) is 6.91. The van der Waals surface area contributed by atoms with Gasteiger partial charge in [-0.15, -0.1) is 0 Å². The highest BCUT2D eigenvalue weighted by atomic mass is 16.5. The number of likely N-dealkylation sites (N-methyl/N-ethyl adjacent to an activating group) is 1. The molecule has 0 amide bonds. The van der Waals surface area contributed by atoms with Crippen molar-refractivity contribution >= 4 is 0 Å². The molecule has 5 heteroatoms. The molecule has 0 saturated heterocycles. The lowest BCUT2D eigenvalue weighted by Crippen LogP contribution is -2.43. The van der Waals surface area contributed by atoms with Crippen molar-refractivity contribution in [2.45, 2.75) is 52.3 Å². The molecule has 0 aliphatic rings. The van der Waals surface area contributed by atoms with Crippen LogP contribution in [0.15, 0.2) is 6.20 Å². The van der Waals surface area contributed by atoms with Crippen LogP contribution in [0.4, 0.5) is 0 Å². The molecule has 19 heavy (non-hydrogen) atoms. The van der Waals surface area contributed by atoms with E-state index < -0.39 is 0 Å². The maximum atomic E-state index is 6.00. The molecule has 5 nitrogen and oxygen atoms in total. The Kier molecular flexibility index (Phi) is 5.82. The van der Waals surface area contributed by atoms with E-state index in [-0.39, 0.29) is 11.6 Å². The summed E-state index contributed by atoms with van der Waals surface area (Å²) < 4.78 is 13.4. The molecule has 0 bridgehead atoms. The molecular formula is C14H27N3O2. The van der Waals surface area contributed by atoms with Crippen molar-refractivity contribution in [1.82, 2.24) is 15.1 Å². The molecule has 0 aliphatic carbocycles. The summed E-state index contributed by atoms with van der Waals surface area (Å²) >= 11 is 0. The van der Waals surface area contributed by atoms with E-state index in [9.17, 15) is 0 Å². The Labute approximate surface area is 116 Å². The van der Waals surface area contributed by atoms with Gasteiger partial charge in [0, 0.05) is 13.2 Å². The van der Waals surface area contributed by atoms with E-state index >= 15 is 0 Å². The zero-order valence-corrected chi connectivity index (χ0v) is 13.0. The number of nitrogens with zero attached hydrogens (tertiary/aromatic N) is 2. The lowest BCUT2D eigenvalue weighted by atomic mass is 9.90. The van der Waals surface area contributed by atoms with Crippen molar-refractivity contribution < 1.29 is 9.47 Å². The number of aryl methyl sites for hydroxylation is 1. The number of ether oxygens (including phenoxy) is 2. The molecular weight excluding hydrogens is 242 g/mol. The highest BCUT2D eigenvalue weighted by Crippen LogP contribution is 2.36. The first-order valence-corrected chi connectivity index (χ1v) is 6.98. The summed E-state index contributed by atoms with van der Waals surface area (Å²) in [6.45, 7) is 9.86. The molecule has 0 radical (unpaired) electrons. The zero-order valence-electron chi connectivity index (χ0n) is 13.0. The van der Waals surface area contributed by atoms with Crippen molar-refractivity contribution in [2.75, 3.05) is 20.8 Å². The molecule has 110 valence electrons. The Balaban J connectivity index is 3.25. The van der Waals surface area contributed by atoms with Gasteiger partial charge < -0.3 is 14.8 Å². The molecule has 0 aliphatic heterocycles. The minimum absolute atomic E-state index is 0.0369. The second-order valence-electron chi connectivity index (χ2n) is 4.73. The van der Waals surface area contributed by atoms with Crippen LogP contribution in [-0.4, -0.2) is 36.1 Å². The van der Waals surface area contributed by atoms with Crippen LogP contribution in [0, 0.1) is 0 Å². The van der Waals surface area contributed by atoms with Gasteiger partial charge in [0.25, 0.3) is 0 Å². The van der Waals surface area contributed by atoms with Crippen molar-refractivity contribution in [1.29, 1.82) is 0 Å². The van der Waals surface area contributed by atoms with Gasteiger partial charge in [-0.05, 0) is 34.2 Å². The van der Waals surface area contributed by atoms with Crippen molar-refractivity contribution in [3.63, 3.8) is 0 Å². The topological polar surface area (TPSA) is 48.3 Å². The summed E-state index contributed by atoms with van der Waals surface area (Å²) in [5, 5.41) is 7.74. The largest absolute Gasteiger partial charge is 0.493 e. The second-order valence-corrected chi connectivity index (χ2v) is 4.73. The summed E-state index contributed by atoms with van der Waals surface area (Å²) in [6, 6.07) is 0.0369. The van der Waals surface area contributed by atoms with Gasteiger partial charge in [-0.1, -0.05) is 6.92 Å². The highest BCUT2D eigenvalue weighted by molar-refractivity contribution is 5.30. The van der Waals surface area contributed by atoms with E-state index in [0.29, 0.717) is 6.61 Å². The number of nitrogens with one attached hydrogen (secondary N) is 1. The average Bonchev–Trinajstić information content (AvgIpc) is 2.82. The maximum Gasteiger partial charge on any atom is 0.161 e. The van der Waals surface area contributed by atoms with Gasteiger partial charge in [0.05, 0.1) is 24.9 Å². The first-order valence-electron chi connectivity index (χ1n) is 6.98. The Morgan fingerprint density at radius 1 is 1.42 bits per heavy atom. The predicted octanol–water partition coefficient (Wildman–Crippen LogP) is 2.38. The Bertz CT molecular complexity index is 371. The van der Waals surface area contributed by atoms with Gasteiger partial charge in [0.1, 0.15) is 5.69 Å². The standard InChI is InChI=1S/C14H27N3O2/c1-7-14(4,19-9-3)13(15-5)12-11(18-6)10-16-17(12)8-2/h10,13,15H,7-9H2,1-6H3. The van der Waals surface area contributed by atoms with Crippen molar-refractivity contribution in [3.05, 3.63) is 11.9 Å². The minimum Gasteiger partial charge on any atom is -0.493 e. The van der Waals surface area contributed by atoms with Crippen LogP contribution in [0.3, 0.4) is 0 Å². The molecule has 0 saturated carbocycles. The molecule has 1 heterocycles. The fourth-order valence-corrected chi connectivity index (χ4v) is 2.53. The fourth-order valence-electron chi connectivity index (χ4n) is 2.53. The van der Waals surface area contributed by atoms with Gasteiger partial charge >= 0.3 is 0 Å². The van der Waals surface area contributed by atoms with Gasteiger partial charge in [-0.3, -0.25) is 4.68 Å². The zero-order chi connectivity index (χ0) is 14.5. The monoisotopic (exact) mass is 269 g/mol. The number of methoxy groups -OCH3 is 1. The summed E-state index contributed by atoms with van der Waals surface area (Å²) in [7, 11) is 3.63. The number of aromatic nitrogens is 2. The molecule has 0 aromatic carbocycles. The Hall–Kier alpha value is -1.07. The third-order valence-corrected chi connectivity index (χ3v) is 3.71. The van der Waals surface area contributed by atoms with Gasteiger partial charge in [-0.2, -0.15) is 5.10 Å².